The first kappa shape index (κ1) is 23.8. The number of H-pyrrole nitrogens is 1. The van der Waals surface area contributed by atoms with Crippen LogP contribution in [0.5, 0.6) is 0 Å². The zero-order valence-corrected chi connectivity index (χ0v) is 19.7. The van der Waals surface area contributed by atoms with Gasteiger partial charge in [0.05, 0.1) is 39.4 Å². The highest BCUT2D eigenvalue weighted by Crippen LogP contribution is 2.41. The third-order valence-electron chi connectivity index (χ3n) is 4.80. The SMILES string of the molecule is CC(C)(Nc1cccc(NS(C)(=O)=O)c1)C(=O)Nc1nc2c(C(F)(F)F)cc3[nH]ncc3c2s1. The molecule has 0 aliphatic rings. The highest BCUT2D eigenvalue weighted by atomic mass is 32.2. The first-order chi connectivity index (χ1) is 15.7. The van der Waals surface area contributed by atoms with E-state index >= 15 is 0 Å². The second-order valence-electron chi connectivity index (χ2n) is 8.11. The molecule has 0 aliphatic heterocycles. The van der Waals surface area contributed by atoms with Crippen LogP contribution < -0.4 is 15.4 Å². The Morgan fingerprint density at radius 2 is 1.85 bits per heavy atom. The Morgan fingerprint density at radius 1 is 1.15 bits per heavy atom. The third kappa shape index (κ3) is 4.92. The van der Waals surface area contributed by atoms with Crippen molar-refractivity contribution in [2.75, 3.05) is 21.6 Å². The normalized spacial score (nSPS) is 12.8. The molecule has 0 bridgehead atoms. The van der Waals surface area contributed by atoms with Crippen molar-refractivity contribution in [3.05, 3.63) is 42.1 Å². The Balaban J connectivity index is 1.61. The molecule has 9 nitrogen and oxygen atoms in total. The van der Waals surface area contributed by atoms with Gasteiger partial charge < -0.3 is 5.32 Å². The smallest absolute Gasteiger partial charge is 0.372 e. The van der Waals surface area contributed by atoms with E-state index in [0.29, 0.717) is 16.8 Å². The van der Waals surface area contributed by atoms with Crippen LogP contribution in [0.1, 0.15) is 19.4 Å². The molecule has 34 heavy (non-hydrogen) atoms. The van der Waals surface area contributed by atoms with E-state index < -0.39 is 33.2 Å². The predicted molar refractivity (Wildman–Crippen MR) is 126 cm³/mol. The van der Waals surface area contributed by atoms with Gasteiger partial charge in [-0.05, 0) is 38.1 Å². The number of nitrogens with zero attached hydrogens (tertiary/aromatic N) is 2. The molecule has 4 aromatic rings. The summed E-state index contributed by atoms with van der Waals surface area (Å²) < 4.78 is 66.2. The number of aromatic nitrogens is 3. The van der Waals surface area contributed by atoms with Crippen molar-refractivity contribution in [1.82, 2.24) is 15.2 Å². The third-order valence-corrected chi connectivity index (χ3v) is 6.41. The number of hydrogen-bond acceptors (Lipinski definition) is 7. The van der Waals surface area contributed by atoms with Crippen LogP contribution in [-0.4, -0.2) is 41.3 Å². The van der Waals surface area contributed by atoms with Gasteiger partial charge in [0.15, 0.2) is 5.13 Å². The average molecular weight is 513 g/mol. The van der Waals surface area contributed by atoms with Crippen LogP contribution in [0.25, 0.3) is 21.1 Å². The Morgan fingerprint density at radius 3 is 2.53 bits per heavy atom. The first-order valence-corrected chi connectivity index (χ1v) is 12.4. The summed E-state index contributed by atoms with van der Waals surface area (Å²) in [7, 11) is -3.48. The Labute approximate surface area is 195 Å². The minimum atomic E-state index is -4.64. The molecule has 4 rings (SSSR count). The lowest BCUT2D eigenvalue weighted by atomic mass is 10.0. The van der Waals surface area contributed by atoms with Crippen molar-refractivity contribution >= 4 is 64.9 Å². The summed E-state index contributed by atoms with van der Waals surface area (Å²) in [4.78, 5) is 17.0. The standard InChI is InChI=1S/C20H19F3N6O3S2/c1-19(2,27-10-5-4-6-11(7-10)29-34(3,31)32)17(30)26-18-25-15-13(20(21,22)23)8-14-12(9-24-28-14)16(15)33-18/h4-9,27,29H,1-3H3,(H,24,28)(H,25,26,30). The van der Waals surface area contributed by atoms with Crippen LogP contribution in [-0.2, 0) is 21.0 Å². The fourth-order valence-corrected chi connectivity index (χ4v) is 4.85. The minimum absolute atomic E-state index is 0.00145. The highest BCUT2D eigenvalue weighted by Gasteiger charge is 2.36. The lowest BCUT2D eigenvalue weighted by molar-refractivity contribution is -0.136. The maximum absolute atomic E-state index is 13.6. The quantitative estimate of drug-likeness (QED) is 0.303. The number of fused-ring (bicyclic) bond motifs is 3. The molecule has 2 aromatic heterocycles. The monoisotopic (exact) mass is 512 g/mol. The number of amides is 1. The maximum atomic E-state index is 13.6. The van der Waals surface area contributed by atoms with Gasteiger partial charge in [-0.3, -0.25) is 19.9 Å². The number of carbonyl (C=O) groups excluding carboxylic acids is 1. The highest BCUT2D eigenvalue weighted by molar-refractivity contribution is 7.92. The van der Waals surface area contributed by atoms with Gasteiger partial charge in [-0.2, -0.15) is 18.3 Å². The van der Waals surface area contributed by atoms with Crippen molar-refractivity contribution in [3.63, 3.8) is 0 Å². The summed E-state index contributed by atoms with van der Waals surface area (Å²) in [6.45, 7) is 3.14. The lowest BCUT2D eigenvalue weighted by Crippen LogP contribution is -2.44. The molecule has 2 aromatic carbocycles. The average Bonchev–Trinajstić information content (AvgIpc) is 3.30. The molecule has 2 heterocycles. The van der Waals surface area contributed by atoms with E-state index in [0.717, 1.165) is 23.7 Å². The second kappa shape index (κ2) is 8.13. The number of halogens is 3. The first-order valence-electron chi connectivity index (χ1n) is 9.74. The van der Waals surface area contributed by atoms with E-state index in [1.807, 2.05) is 0 Å². The second-order valence-corrected chi connectivity index (χ2v) is 10.9. The minimum Gasteiger partial charge on any atom is -0.372 e. The van der Waals surface area contributed by atoms with Crippen LogP contribution in [0, 0.1) is 0 Å². The molecule has 0 fully saturated rings. The van der Waals surface area contributed by atoms with E-state index in [4.69, 9.17) is 0 Å². The number of rotatable bonds is 6. The van der Waals surface area contributed by atoms with Gasteiger partial charge in [0.2, 0.25) is 10.0 Å². The van der Waals surface area contributed by atoms with Gasteiger partial charge in [-0.25, -0.2) is 13.4 Å². The molecule has 0 saturated carbocycles. The van der Waals surface area contributed by atoms with E-state index in [9.17, 15) is 26.4 Å². The molecule has 1 amide bonds. The predicted octanol–water partition coefficient (Wildman–Crippen LogP) is 4.39. The molecule has 0 saturated heterocycles. The number of benzene rings is 2. The Bertz CT molecular complexity index is 1510. The number of nitrogens with one attached hydrogen (secondary N) is 4. The fourth-order valence-electron chi connectivity index (χ4n) is 3.30. The topological polar surface area (TPSA) is 129 Å². The van der Waals surface area contributed by atoms with Crippen molar-refractivity contribution in [1.29, 1.82) is 0 Å². The van der Waals surface area contributed by atoms with Crippen LogP contribution >= 0.6 is 11.3 Å². The number of hydrogen-bond donors (Lipinski definition) is 4. The Hall–Kier alpha value is -3.39. The molecule has 0 aliphatic carbocycles. The zero-order valence-electron chi connectivity index (χ0n) is 18.0. The summed E-state index contributed by atoms with van der Waals surface area (Å²) >= 11 is 0.914. The molecule has 0 unspecified atom stereocenters. The van der Waals surface area contributed by atoms with Gasteiger partial charge in [-0.15, -0.1) is 0 Å². The molecule has 14 heteroatoms. The van der Waals surface area contributed by atoms with Crippen molar-refractivity contribution < 1.29 is 26.4 Å². The van der Waals surface area contributed by atoms with E-state index in [-0.39, 0.29) is 20.9 Å². The van der Waals surface area contributed by atoms with E-state index in [1.165, 1.54) is 12.3 Å². The van der Waals surface area contributed by atoms with Crippen LogP contribution in [0.4, 0.5) is 29.7 Å². The van der Waals surface area contributed by atoms with Gasteiger partial charge in [0.1, 0.15) is 5.54 Å². The zero-order chi connectivity index (χ0) is 24.9. The Kier molecular flexibility index (Phi) is 5.68. The van der Waals surface area contributed by atoms with Gasteiger partial charge in [-0.1, -0.05) is 17.4 Å². The van der Waals surface area contributed by atoms with Crippen LogP contribution in [0.3, 0.4) is 0 Å². The number of anilines is 3. The number of alkyl halides is 3. The molecule has 0 radical (unpaired) electrons. The molecular formula is C20H19F3N6O3S2. The number of thiazole rings is 1. The van der Waals surface area contributed by atoms with Gasteiger partial charge >= 0.3 is 6.18 Å². The maximum Gasteiger partial charge on any atom is 0.418 e. The van der Waals surface area contributed by atoms with Crippen molar-refractivity contribution in [2.24, 2.45) is 0 Å². The molecular weight excluding hydrogens is 493 g/mol. The number of aromatic amines is 1. The molecule has 4 N–H and O–H groups in total. The van der Waals surface area contributed by atoms with E-state index in [2.05, 4.69) is 30.5 Å². The molecule has 0 spiro atoms. The number of sulfonamides is 1. The summed E-state index contributed by atoms with van der Waals surface area (Å²) in [5, 5.41) is 12.4. The van der Waals surface area contributed by atoms with Crippen molar-refractivity contribution in [2.45, 2.75) is 25.6 Å². The number of carbonyl (C=O) groups is 1. The molecule has 0 atom stereocenters. The summed E-state index contributed by atoms with van der Waals surface area (Å²) in [5.74, 6) is -0.551. The summed E-state index contributed by atoms with van der Waals surface area (Å²) in [6.07, 6.45) is -2.21. The van der Waals surface area contributed by atoms with Gasteiger partial charge in [0, 0.05) is 11.1 Å². The fraction of sp³-hybridized carbons (Fsp3) is 0.250. The van der Waals surface area contributed by atoms with Crippen LogP contribution in [0.15, 0.2) is 36.5 Å². The lowest BCUT2D eigenvalue weighted by Gasteiger charge is -2.26. The summed E-state index contributed by atoms with van der Waals surface area (Å²) in [6, 6.07) is 7.25. The van der Waals surface area contributed by atoms with Crippen molar-refractivity contribution in [3.8, 4) is 0 Å². The van der Waals surface area contributed by atoms with E-state index in [1.54, 1.807) is 32.0 Å². The summed E-state index contributed by atoms with van der Waals surface area (Å²) in [5.41, 5.74) is -1.45. The van der Waals surface area contributed by atoms with Gasteiger partial charge in [0.25, 0.3) is 5.91 Å². The largest absolute Gasteiger partial charge is 0.418 e. The van der Waals surface area contributed by atoms with Crippen LogP contribution in [0.2, 0.25) is 0 Å². The molecule has 180 valence electrons.